The average molecular weight is 398 g/mol. The Hall–Kier alpha value is -3.03. The molecule has 1 aromatic heterocycles. The summed E-state index contributed by atoms with van der Waals surface area (Å²) in [6.07, 6.45) is 2.79. The lowest BCUT2D eigenvalue weighted by Gasteiger charge is -2.32. The molecule has 8 heteroatoms. The van der Waals surface area contributed by atoms with E-state index in [2.05, 4.69) is 5.16 Å². The van der Waals surface area contributed by atoms with Gasteiger partial charge in [-0.25, -0.2) is 0 Å². The highest BCUT2D eigenvalue weighted by atomic mass is 16.7. The minimum absolute atomic E-state index is 0.0753. The van der Waals surface area contributed by atoms with Crippen LogP contribution >= 0.6 is 0 Å². The Morgan fingerprint density at radius 1 is 1.14 bits per heavy atom. The van der Waals surface area contributed by atoms with E-state index in [9.17, 15) is 9.59 Å². The Bertz CT molecular complexity index is 956. The first kappa shape index (κ1) is 18.0. The molecule has 3 heterocycles. The van der Waals surface area contributed by atoms with Gasteiger partial charge in [0.15, 0.2) is 17.3 Å². The highest BCUT2D eigenvalue weighted by molar-refractivity contribution is 5.91. The number of hydrogen-bond acceptors (Lipinski definition) is 7. The number of nitrogens with zero attached hydrogens (tertiary/aromatic N) is 2. The number of carbonyl (C=O) groups excluding carboxylic acids is 2. The van der Waals surface area contributed by atoms with E-state index in [1.54, 1.807) is 0 Å². The second kappa shape index (κ2) is 6.79. The lowest BCUT2D eigenvalue weighted by atomic mass is 9.93. The smallest absolute Gasteiger partial charge is 0.308 e. The quantitative estimate of drug-likeness (QED) is 0.731. The van der Waals surface area contributed by atoms with E-state index in [0.29, 0.717) is 48.9 Å². The van der Waals surface area contributed by atoms with Gasteiger partial charge in [-0.05, 0) is 43.9 Å². The SMILES string of the molecule is COC(=O)C1CCN(C(=O)C2(c3cc(-c4ccc5c(c4)OCO5)on3)CC2)CC1. The molecule has 2 fully saturated rings. The maximum Gasteiger partial charge on any atom is 0.308 e. The van der Waals surface area contributed by atoms with Gasteiger partial charge in [-0.3, -0.25) is 9.59 Å². The van der Waals surface area contributed by atoms with E-state index in [1.165, 1.54) is 7.11 Å². The predicted octanol–water partition coefficient (Wildman–Crippen LogP) is 2.51. The van der Waals surface area contributed by atoms with Gasteiger partial charge in [0, 0.05) is 24.7 Å². The Kier molecular flexibility index (Phi) is 4.22. The third-order valence-corrected chi connectivity index (χ3v) is 6.13. The number of aromatic nitrogens is 1. The van der Waals surface area contributed by atoms with Crippen molar-refractivity contribution in [1.82, 2.24) is 10.1 Å². The summed E-state index contributed by atoms with van der Waals surface area (Å²) in [4.78, 5) is 26.8. The summed E-state index contributed by atoms with van der Waals surface area (Å²) in [5.41, 5.74) is 0.899. The number of likely N-dealkylation sites (tertiary alicyclic amines) is 1. The molecule has 5 rings (SSSR count). The molecule has 8 nitrogen and oxygen atoms in total. The van der Waals surface area contributed by atoms with Crippen molar-refractivity contribution in [2.75, 3.05) is 27.0 Å². The fourth-order valence-corrected chi connectivity index (χ4v) is 4.18. The summed E-state index contributed by atoms with van der Waals surface area (Å²) in [5, 5.41) is 4.22. The third-order valence-electron chi connectivity index (χ3n) is 6.13. The van der Waals surface area contributed by atoms with E-state index in [4.69, 9.17) is 18.7 Å². The van der Waals surface area contributed by atoms with E-state index >= 15 is 0 Å². The van der Waals surface area contributed by atoms with Gasteiger partial charge in [-0.15, -0.1) is 0 Å². The molecule has 0 spiro atoms. The summed E-state index contributed by atoms with van der Waals surface area (Å²) < 4.78 is 21.1. The molecule has 29 heavy (non-hydrogen) atoms. The summed E-state index contributed by atoms with van der Waals surface area (Å²) in [6.45, 7) is 1.34. The molecule has 1 saturated heterocycles. The number of esters is 1. The Morgan fingerprint density at radius 2 is 1.90 bits per heavy atom. The summed E-state index contributed by atoms with van der Waals surface area (Å²) in [7, 11) is 1.40. The van der Waals surface area contributed by atoms with Crippen LogP contribution in [0.5, 0.6) is 11.5 Å². The fourth-order valence-electron chi connectivity index (χ4n) is 4.18. The number of hydrogen-bond donors (Lipinski definition) is 0. The molecule has 0 unspecified atom stereocenters. The van der Waals surface area contributed by atoms with Crippen LogP contribution in [0.1, 0.15) is 31.4 Å². The monoisotopic (exact) mass is 398 g/mol. The Balaban J connectivity index is 1.31. The number of piperidine rings is 1. The molecule has 0 bridgehead atoms. The molecule has 1 amide bonds. The zero-order valence-electron chi connectivity index (χ0n) is 16.2. The third kappa shape index (κ3) is 3.03. The van der Waals surface area contributed by atoms with E-state index in [1.807, 2.05) is 29.2 Å². The molecule has 1 aromatic carbocycles. The van der Waals surface area contributed by atoms with E-state index in [0.717, 1.165) is 18.4 Å². The molecular weight excluding hydrogens is 376 g/mol. The van der Waals surface area contributed by atoms with Gasteiger partial charge in [0.2, 0.25) is 12.7 Å². The largest absolute Gasteiger partial charge is 0.469 e. The average Bonchev–Trinajstić information content (AvgIpc) is 3.19. The second-order valence-electron chi connectivity index (χ2n) is 7.82. The van der Waals surface area contributed by atoms with Crippen LogP contribution in [-0.4, -0.2) is 48.9 Å². The van der Waals surface area contributed by atoms with Gasteiger partial charge < -0.3 is 23.6 Å². The van der Waals surface area contributed by atoms with Crippen LogP contribution in [-0.2, 0) is 19.7 Å². The number of ether oxygens (including phenoxy) is 3. The molecule has 152 valence electrons. The Morgan fingerprint density at radius 3 is 2.62 bits per heavy atom. The minimum Gasteiger partial charge on any atom is -0.469 e. The van der Waals surface area contributed by atoms with E-state index in [-0.39, 0.29) is 24.6 Å². The van der Waals surface area contributed by atoms with Crippen LogP contribution in [0.2, 0.25) is 0 Å². The van der Waals surface area contributed by atoms with Crippen molar-refractivity contribution in [3.05, 3.63) is 30.0 Å². The van der Waals surface area contributed by atoms with Crippen molar-refractivity contribution < 1.29 is 28.3 Å². The molecule has 0 atom stereocenters. The van der Waals surface area contributed by atoms with Gasteiger partial charge in [-0.1, -0.05) is 5.16 Å². The van der Waals surface area contributed by atoms with Crippen LogP contribution in [0.3, 0.4) is 0 Å². The van der Waals surface area contributed by atoms with Crippen molar-refractivity contribution in [3.8, 4) is 22.8 Å². The first-order valence-electron chi connectivity index (χ1n) is 9.85. The van der Waals surface area contributed by atoms with Crippen LogP contribution in [0.25, 0.3) is 11.3 Å². The van der Waals surface area contributed by atoms with Crippen LogP contribution in [0, 0.1) is 5.92 Å². The number of carbonyl (C=O) groups is 2. The first-order chi connectivity index (χ1) is 14.1. The van der Waals surface area contributed by atoms with Crippen molar-refractivity contribution in [2.24, 2.45) is 5.92 Å². The zero-order chi connectivity index (χ0) is 20.0. The number of methoxy groups -OCH3 is 1. The van der Waals surface area contributed by atoms with Crippen molar-refractivity contribution in [3.63, 3.8) is 0 Å². The van der Waals surface area contributed by atoms with Gasteiger partial charge in [0.1, 0.15) is 0 Å². The molecule has 3 aliphatic rings. The topological polar surface area (TPSA) is 91.1 Å². The molecule has 1 aliphatic carbocycles. The van der Waals surface area contributed by atoms with Gasteiger partial charge in [-0.2, -0.15) is 0 Å². The van der Waals surface area contributed by atoms with Crippen molar-refractivity contribution >= 4 is 11.9 Å². The highest BCUT2D eigenvalue weighted by Gasteiger charge is 2.55. The second-order valence-corrected chi connectivity index (χ2v) is 7.82. The van der Waals surface area contributed by atoms with E-state index < -0.39 is 5.41 Å². The number of rotatable bonds is 4. The molecule has 2 aromatic rings. The molecular formula is C21H22N2O6. The predicted molar refractivity (Wildman–Crippen MR) is 100 cm³/mol. The van der Waals surface area contributed by atoms with Crippen molar-refractivity contribution in [1.29, 1.82) is 0 Å². The molecule has 0 N–H and O–H groups in total. The first-order valence-corrected chi connectivity index (χ1v) is 9.85. The lowest BCUT2D eigenvalue weighted by molar-refractivity contribution is -0.149. The number of benzene rings is 1. The van der Waals surface area contributed by atoms with Crippen molar-refractivity contribution in [2.45, 2.75) is 31.1 Å². The lowest BCUT2D eigenvalue weighted by Crippen LogP contribution is -2.45. The molecule has 2 aliphatic heterocycles. The summed E-state index contributed by atoms with van der Waals surface area (Å²) in [6, 6.07) is 7.43. The van der Waals surface area contributed by atoms with Gasteiger partial charge >= 0.3 is 5.97 Å². The number of amides is 1. The highest BCUT2D eigenvalue weighted by Crippen LogP contribution is 2.50. The maximum absolute atomic E-state index is 13.2. The van der Waals surface area contributed by atoms with Crippen LogP contribution in [0.15, 0.2) is 28.8 Å². The normalized spacial score (nSPS) is 19.8. The zero-order valence-corrected chi connectivity index (χ0v) is 16.2. The Labute approximate surface area is 167 Å². The summed E-state index contributed by atoms with van der Waals surface area (Å²) >= 11 is 0. The fraction of sp³-hybridized carbons (Fsp3) is 0.476. The van der Waals surface area contributed by atoms with Gasteiger partial charge in [0.05, 0.1) is 24.1 Å². The minimum atomic E-state index is -0.601. The standard InChI is InChI=1S/C21H22N2O6/c1-26-19(24)13-4-8-23(9-5-13)20(25)21(6-7-21)18-11-16(29-22-18)14-2-3-15-17(10-14)28-12-27-15/h2-3,10-11,13H,4-9,12H2,1H3. The molecule has 0 radical (unpaired) electrons. The van der Waals surface area contributed by atoms with Gasteiger partial charge in [0.25, 0.3) is 0 Å². The summed E-state index contributed by atoms with van der Waals surface area (Å²) in [5.74, 6) is 1.74. The maximum atomic E-state index is 13.2. The molecule has 1 saturated carbocycles. The van der Waals surface area contributed by atoms with Crippen LogP contribution < -0.4 is 9.47 Å². The van der Waals surface area contributed by atoms with Crippen LogP contribution in [0.4, 0.5) is 0 Å². The number of fused-ring (bicyclic) bond motifs is 1.